The van der Waals surface area contributed by atoms with Gasteiger partial charge in [-0.1, -0.05) is 25.0 Å². The highest BCUT2D eigenvalue weighted by Crippen LogP contribution is 2.40. The molecule has 0 aromatic heterocycles. The highest BCUT2D eigenvalue weighted by Gasteiger charge is 2.39. The molecule has 1 unspecified atom stereocenters. The van der Waals surface area contributed by atoms with Crippen LogP contribution in [0.15, 0.2) is 24.3 Å². The normalized spacial score (nSPS) is 25.1. The number of benzene rings is 1. The molecule has 3 nitrogen and oxygen atoms in total. The van der Waals surface area contributed by atoms with Crippen LogP contribution in [-0.2, 0) is 4.74 Å². The van der Waals surface area contributed by atoms with Crippen molar-refractivity contribution in [2.24, 2.45) is 0 Å². The third kappa shape index (κ3) is 2.59. The lowest BCUT2D eigenvalue weighted by atomic mass is 9.88. The van der Waals surface area contributed by atoms with E-state index in [1.165, 1.54) is 25.7 Å². The lowest BCUT2D eigenvalue weighted by Gasteiger charge is -2.39. The van der Waals surface area contributed by atoms with Crippen molar-refractivity contribution in [2.45, 2.75) is 50.2 Å². The molecule has 1 aromatic rings. The summed E-state index contributed by atoms with van der Waals surface area (Å²) in [6.07, 6.45) is 7.09. The van der Waals surface area contributed by atoms with Crippen LogP contribution in [-0.4, -0.2) is 18.2 Å². The average Bonchev–Trinajstić information content (AvgIpc) is 2.87. The highest BCUT2D eigenvalue weighted by atomic mass is 16.5. The predicted octanol–water partition coefficient (Wildman–Crippen LogP) is 3.46. The van der Waals surface area contributed by atoms with Crippen LogP contribution < -0.4 is 5.32 Å². The van der Waals surface area contributed by atoms with Crippen LogP contribution in [0, 0.1) is 11.3 Å². The Balaban J connectivity index is 1.71. The van der Waals surface area contributed by atoms with E-state index >= 15 is 0 Å². The molecule has 19 heavy (non-hydrogen) atoms. The second-order valence-corrected chi connectivity index (χ2v) is 5.73. The monoisotopic (exact) mass is 256 g/mol. The van der Waals surface area contributed by atoms with Crippen LogP contribution in [0.3, 0.4) is 0 Å². The summed E-state index contributed by atoms with van der Waals surface area (Å²) in [5.74, 6) is 0. The van der Waals surface area contributed by atoms with Gasteiger partial charge < -0.3 is 10.1 Å². The maximum absolute atomic E-state index is 9.14. The van der Waals surface area contributed by atoms with Gasteiger partial charge in [-0.3, -0.25) is 0 Å². The van der Waals surface area contributed by atoms with Crippen molar-refractivity contribution in [1.82, 2.24) is 0 Å². The summed E-state index contributed by atoms with van der Waals surface area (Å²) in [6, 6.07) is 10.4. The summed E-state index contributed by atoms with van der Waals surface area (Å²) in [5, 5.41) is 12.7. The summed E-state index contributed by atoms with van der Waals surface area (Å²) in [6.45, 7) is 0.840. The molecule has 1 atom stereocenters. The van der Waals surface area contributed by atoms with Crippen LogP contribution in [0.2, 0.25) is 0 Å². The molecule has 1 aliphatic carbocycles. The van der Waals surface area contributed by atoms with Crippen molar-refractivity contribution in [1.29, 1.82) is 5.26 Å². The molecule has 3 rings (SSSR count). The van der Waals surface area contributed by atoms with Gasteiger partial charge in [-0.15, -0.1) is 0 Å². The summed E-state index contributed by atoms with van der Waals surface area (Å²) in [4.78, 5) is 0. The molecule has 1 saturated carbocycles. The van der Waals surface area contributed by atoms with Gasteiger partial charge in [0.15, 0.2) is 0 Å². The number of hydrogen-bond donors (Lipinski definition) is 1. The van der Waals surface area contributed by atoms with E-state index in [0.717, 1.165) is 30.7 Å². The Labute approximate surface area is 114 Å². The zero-order chi connectivity index (χ0) is 13.1. The summed E-state index contributed by atoms with van der Waals surface area (Å²) in [7, 11) is 0. The summed E-state index contributed by atoms with van der Waals surface area (Å²) < 4.78 is 6.05. The molecular weight excluding hydrogens is 236 g/mol. The Hall–Kier alpha value is -1.53. The number of ether oxygens (including phenoxy) is 1. The average molecular weight is 256 g/mol. The standard InChI is InChI=1S/C16H20N2O/c17-12-13-5-1-2-6-15(13)18-14-7-10-19-16(11-14)8-3-4-9-16/h1-2,5-6,14,18H,3-4,7-11H2. The Bertz CT molecular complexity index is 486. The Morgan fingerprint density at radius 2 is 2.05 bits per heavy atom. The highest BCUT2D eigenvalue weighted by molar-refractivity contribution is 5.57. The SMILES string of the molecule is N#Cc1ccccc1NC1CCOC2(CCCC2)C1. The predicted molar refractivity (Wildman–Crippen MR) is 75.0 cm³/mol. The fourth-order valence-corrected chi connectivity index (χ4v) is 3.45. The maximum atomic E-state index is 9.14. The van der Waals surface area contributed by atoms with Gasteiger partial charge in [0.2, 0.25) is 0 Å². The molecule has 3 heteroatoms. The first-order valence-electron chi connectivity index (χ1n) is 7.21. The van der Waals surface area contributed by atoms with E-state index in [1.807, 2.05) is 24.3 Å². The quantitative estimate of drug-likeness (QED) is 0.881. The zero-order valence-electron chi connectivity index (χ0n) is 11.2. The second-order valence-electron chi connectivity index (χ2n) is 5.73. The van der Waals surface area contributed by atoms with Gasteiger partial charge in [-0.05, 0) is 37.8 Å². The number of hydrogen-bond acceptors (Lipinski definition) is 3. The van der Waals surface area contributed by atoms with E-state index in [-0.39, 0.29) is 5.60 Å². The molecule has 1 aliphatic heterocycles. The number of para-hydroxylation sites is 1. The minimum atomic E-state index is 0.123. The number of nitrogens with zero attached hydrogens (tertiary/aromatic N) is 1. The molecule has 1 N–H and O–H groups in total. The molecule has 1 aromatic carbocycles. The Morgan fingerprint density at radius 3 is 2.84 bits per heavy atom. The minimum absolute atomic E-state index is 0.123. The van der Waals surface area contributed by atoms with Gasteiger partial charge >= 0.3 is 0 Å². The van der Waals surface area contributed by atoms with Gasteiger partial charge in [0.25, 0.3) is 0 Å². The molecular formula is C16H20N2O. The van der Waals surface area contributed by atoms with Crippen LogP contribution >= 0.6 is 0 Å². The van der Waals surface area contributed by atoms with Crippen molar-refractivity contribution in [2.75, 3.05) is 11.9 Å². The van der Waals surface area contributed by atoms with E-state index in [9.17, 15) is 0 Å². The van der Waals surface area contributed by atoms with Crippen molar-refractivity contribution < 1.29 is 4.74 Å². The molecule has 1 heterocycles. The van der Waals surface area contributed by atoms with E-state index < -0.39 is 0 Å². The fraction of sp³-hybridized carbons (Fsp3) is 0.562. The largest absolute Gasteiger partial charge is 0.381 e. The van der Waals surface area contributed by atoms with Crippen molar-refractivity contribution >= 4 is 5.69 Å². The summed E-state index contributed by atoms with van der Waals surface area (Å²) in [5.41, 5.74) is 1.82. The molecule has 100 valence electrons. The molecule has 1 spiro atoms. The van der Waals surface area contributed by atoms with E-state index in [4.69, 9.17) is 10.00 Å². The van der Waals surface area contributed by atoms with Crippen molar-refractivity contribution in [3.8, 4) is 6.07 Å². The first-order valence-corrected chi connectivity index (χ1v) is 7.21. The Morgan fingerprint density at radius 1 is 1.26 bits per heavy atom. The van der Waals surface area contributed by atoms with Crippen LogP contribution in [0.5, 0.6) is 0 Å². The fourth-order valence-electron chi connectivity index (χ4n) is 3.45. The molecule has 2 aliphatic rings. The summed E-state index contributed by atoms with van der Waals surface area (Å²) >= 11 is 0. The smallest absolute Gasteiger partial charge is 0.101 e. The van der Waals surface area contributed by atoms with Gasteiger partial charge in [-0.2, -0.15) is 5.26 Å². The Kier molecular flexibility index (Phi) is 3.44. The van der Waals surface area contributed by atoms with Crippen LogP contribution in [0.1, 0.15) is 44.1 Å². The van der Waals surface area contributed by atoms with E-state index in [1.54, 1.807) is 0 Å². The second kappa shape index (κ2) is 5.22. The maximum Gasteiger partial charge on any atom is 0.101 e. The van der Waals surface area contributed by atoms with Gasteiger partial charge in [0.1, 0.15) is 6.07 Å². The van der Waals surface area contributed by atoms with Crippen LogP contribution in [0.4, 0.5) is 5.69 Å². The first-order chi connectivity index (χ1) is 9.31. The lowest BCUT2D eigenvalue weighted by molar-refractivity contribution is -0.0767. The molecule has 1 saturated heterocycles. The van der Waals surface area contributed by atoms with Gasteiger partial charge in [0.05, 0.1) is 16.9 Å². The first kappa shape index (κ1) is 12.5. The topological polar surface area (TPSA) is 45.0 Å². The van der Waals surface area contributed by atoms with E-state index in [2.05, 4.69) is 11.4 Å². The molecule has 0 bridgehead atoms. The van der Waals surface area contributed by atoms with E-state index in [0.29, 0.717) is 6.04 Å². The number of nitriles is 1. The van der Waals surface area contributed by atoms with Gasteiger partial charge in [0, 0.05) is 12.6 Å². The lowest BCUT2D eigenvalue weighted by Crippen LogP contribution is -2.42. The van der Waals surface area contributed by atoms with Gasteiger partial charge in [-0.25, -0.2) is 0 Å². The van der Waals surface area contributed by atoms with Crippen molar-refractivity contribution in [3.05, 3.63) is 29.8 Å². The zero-order valence-corrected chi connectivity index (χ0v) is 11.2. The molecule has 2 fully saturated rings. The number of rotatable bonds is 2. The van der Waals surface area contributed by atoms with Crippen molar-refractivity contribution in [3.63, 3.8) is 0 Å². The third-order valence-electron chi connectivity index (χ3n) is 4.41. The molecule has 0 amide bonds. The number of anilines is 1. The number of nitrogens with one attached hydrogen (secondary N) is 1. The third-order valence-corrected chi connectivity index (χ3v) is 4.41. The molecule has 0 radical (unpaired) electrons. The van der Waals surface area contributed by atoms with Crippen LogP contribution in [0.25, 0.3) is 0 Å². The minimum Gasteiger partial charge on any atom is -0.381 e.